The molecule has 0 fully saturated rings. The molecule has 0 unspecified atom stereocenters. The zero-order chi connectivity index (χ0) is 6.62. The molecule has 0 saturated carbocycles. The summed E-state index contributed by atoms with van der Waals surface area (Å²) >= 11 is 5.49. The molecule has 0 bridgehead atoms. The van der Waals surface area contributed by atoms with E-state index in [2.05, 4.69) is 0 Å². The standard InChI is InChI=1S/C4H11ClO2Si/c1-6-4(8,3-5)7-2/h3H2,1-2,8H3. The molecule has 0 aliphatic heterocycles. The van der Waals surface area contributed by atoms with Gasteiger partial charge in [0.25, 0.3) is 0 Å². The van der Waals surface area contributed by atoms with Crippen molar-refractivity contribution >= 4 is 21.8 Å². The van der Waals surface area contributed by atoms with Crippen LogP contribution in [0.5, 0.6) is 0 Å². The molecule has 0 aromatic heterocycles. The molecule has 0 aliphatic carbocycles. The maximum Gasteiger partial charge on any atom is 0.153 e. The first kappa shape index (κ1) is 8.43. The van der Waals surface area contributed by atoms with Crippen LogP contribution in [-0.2, 0) is 9.47 Å². The van der Waals surface area contributed by atoms with Gasteiger partial charge in [-0.3, -0.25) is 0 Å². The number of rotatable bonds is 3. The van der Waals surface area contributed by atoms with Crippen LogP contribution in [0.1, 0.15) is 0 Å². The molecule has 0 aromatic rings. The molecule has 0 aliphatic rings. The van der Waals surface area contributed by atoms with E-state index in [0.29, 0.717) is 5.88 Å². The second kappa shape index (κ2) is 3.45. The maximum absolute atomic E-state index is 5.49. The van der Waals surface area contributed by atoms with Crippen molar-refractivity contribution in [2.45, 2.75) is 5.41 Å². The Hall–Kier alpha value is 0.427. The van der Waals surface area contributed by atoms with Crippen LogP contribution in [0.3, 0.4) is 0 Å². The molecule has 0 heterocycles. The largest absolute Gasteiger partial charge is 0.357 e. The van der Waals surface area contributed by atoms with Crippen molar-refractivity contribution in [3.63, 3.8) is 0 Å². The third-order valence-electron chi connectivity index (χ3n) is 1.11. The van der Waals surface area contributed by atoms with Gasteiger partial charge in [-0.2, -0.15) is 0 Å². The highest BCUT2D eigenvalue weighted by atomic mass is 35.5. The van der Waals surface area contributed by atoms with E-state index in [1.807, 2.05) is 0 Å². The van der Waals surface area contributed by atoms with Crippen LogP contribution in [0.4, 0.5) is 0 Å². The van der Waals surface area contributed by atoms with E-state index in [-0.39, 0.29) is 0 Å². The molecule has 8 heavy (non-hydrogen) atoms. The van der Waals surface area contributed by atoms with Crippen LogP contribution >= 0.6 is 11.6 Å². The molecular formula is C4H11ClO2Si. The van der Waals surface area contributed by atoms with Gasteiger partial charge in [0.1, 0.15) is 0 Å². The molecule has 50 valence electrons. The van der Waals surface area contributed by atoms with E-state index in [4.69, 9.17) is 21.1 Å². The smallest absolute Gasteiger partial charge is 0.153 e. The first-order chi connectivity index (χ1) is 3.68. The molecule has 0 saturated heterocycles. The molecule has 0 N–H and O–H groups in total. The van der Waals surface area contributed by atoms with Crippen LogP contribution in [-0.4, -0.2) is 35.8 Å². The monoisotopic (exact) mass is 154 g/mol. The minimum Gasteiger partial charge on any atom is -0.357 e. The summed E-state index contributed by atoms with van der Waals surface area (Å²) < 4.78 is 9.89. The molecule has 0 spiro atoms. The number of ether oxygens (including phenoxy) is 2. The van der Waals surface area contributed by atoms with Gasteiger partial charge >= 0.3 is 0 Å². The minimum atomic E-state index is -0.471. The summed E-state index contributed by atoms with van der Waals surface area (Å²) in [6, 6.07) is 0. The summed E-state index contributed by atoms with van der Waals surface area (Å²) in [6.07, 6.45) is 0. The lowest BCUT2D eigenvalue weighted by Crippen LogP contribution is -2.36. The van der Waals surface area contributed by atoms with E-state index < -0.39 is 5.41 Å². The van der Waals surface area contributed by atoms with Crippen molar-refractivity contribution in [2.24, 2.45) is 0 Å². The van der Waals surface area contributed by atoms with Crippen LogP contribution in [0.25, 0.3) is 0 Å². The van der Waals surface area contributed by atoms with Gasteiger partial charge in [-0.1, -0.05) is 0 Å². The van der Waals surface area contributed by atoms with Gasteiger partial charge in [0, 0.05) is 14.2 Å². The second-order valence-electron chi connectivity index (χ2n) is 1.68. The predicted molar refractivity (Wildman–Crippen MR) is 37.4 cm³/mol. The van der Waals surface area contributed by atoms with E-state index in [1.54, 1.807) is 14.2 Å². The zero-order valence-corrected chi connectivity index (χ0v) is 8.16. The average molecular weight is 155 g/mol. The zero-order valence-electron chi connectivity index (χ0n) is 5.40. The molecule has 0 atom stereocenters. The highest BCUT2D eigenvalue weighted by Crippen LogP contribution is 2.06. The number of methoxy groups -OCH3 is 2. The summed E-state index contributed by atoms with van der Waals surface area (Å²) in [5.74, 6) is 0.409. The summed E-state index contributed by atoms with van der Waals surface area (Å²) in [6.45, 7) is 0. The number of hydrogen-bond donors (Lipinski definition) is 0. The van der Waals surface area contributed by atoms with Gasteiger partial charge in [-0.25, -0.2) is 0 Å². The van der Waals surface area contributed by atoms with Crippen molar-refractivity contribution in [3.05, 3.63) is 0 Å². The quantitative estimate of drug-likeness (QED) is 0.311. The summed E-state index contributed by atoms with van der Waals surface area (Å²) in [5, 5.41) is 0. The van der Waals surface area contributed by atoms with Crippen molar-refractivity contribution in [3.8, 4) is 0 Å². The minimum absolute atomic E-state index is 0.409. The Morgan fingerprint density at radius 3 is 1.88 bits per heavy atom. The van der Waals surface area contributed by atoms with Gasteiger partial charge < -0.3 is 9.47 Å². The Kier molecular flexibility index (Phi) is 3.64. The van der Waals surface area contributed by atoms with Gasteiger partial charge in [-0.05, 0) is 0 Å². The van der Waals surface area contributed by atoms with Crippen molar-refractivity contribution in [1.82, 2.24) is 0 Å². The van der Waals surface area contributed by atoms with E-state index >= 15 is 0 Å². The lowest BCUT2D eigenvalue weighted by Gasteiger charge is -2.23. The molecule has 0 aromatic carbocycles. The summed E-state index contributed by atoms with van der Waals surface area (Å²) in [7, 11) is 3.99. The maximum atomic E-state index is 5.49. The fourth-order valence-corrected chi connectivity index (χ4v) is 0.411. The van der Waals surface area contributed by atoms with E-state index in [1.165, 1.54) is 0 Å². The average Bonchev–Trinajstić information content (AvgIpc) is 1.87. The Labute approximate surface area is 57.5 Å². The van der Waals surface area contributed by atoms with Crippen LogP contribution < -0.4 is 0 Å². The van der Waals surface area contributed by atoms with E-state index in [0.717, 1.165) is 10.2 Å². The van der Waals surface area contributed by atoms with Gasteiger partial charge in [0.2, 0.25) is 0 Å². The molecule has 2 nitrogen and oxygen atoms in total. The van der Waals surface area contributed by atoms with Crippen molar-refractivity contribution in [2.75, 3.05) is 20.1 Å². The summed E-state index contributed by atoms with van der Waals surface area (Å²) in [5.41, 5.74) is -0.471. The molecule has 0 rings (SSSR count). The highest BCUT2D eigenvalue weighted by Gasteiger charge is 2.19. The first-order valence-corrected chi connectivity index (χ1v) is 3.88. The van der Waals surface area contributed by atoms with Crippen LogP contribution in [0, 0.1) is 0 Å². The van der Waals surface area contributed by atoms with Crippen LogP contribution in [0.15, 0.2) is 0 Å². The van der Waals surface area contributed by atoms with Crippen molar-refractivity contribution < 1.29 is 9.47 Å². The fraction of sp³-hybridized carbons (Fsp3) is 1.00. The van der Waals surface area contributed by atoms with Gasteiger partial charge in [0.15, 0.2) is 5.41 Å². The first-order valence-electron chi connectivity index (χ1n) is 2.35. The van der Waals surface area contributed by atoms with Gasteiger partial charge in [-0.15, -0.1) is 11.6 Å². The third kappa shape index (κ3) is 2.13. The summed E-state index contributed by atoms with van der Waals surface area (Å²) in [4.78, 5) is 0. The Bertz CT molecular complexity index is 56.8. The van der Waals surface area contributed by atoms with Crippen LogP contribution in [0.2, 0.25) is 0 Å². The molecule has 0 radical (unpaired) electrons. The Balaban J connectivity index is 3.58. The second-order valence-corrected chi connectivity index (χ2v) is 3.47. The molecular weight excluding hydrogens is 144 g/mol. The molecule has 4 heteroatoms. The normalized spacial score (nSPS) is 12.4. The van der Waals surface area contributed by atoms with Crippen molar-refractivity contribution in [1.29, 1.82) is 0 Å². The van der Waals surface area contributed by atoms with Gasteiger partial charge in [0.05, 0.1) is 16.1 Å². The number of halogens is 1. The SMILES string of the molecule is COC([SiH3])(CCl)OC. The molecule has 0 amide bonds. The lowest BCUT2D eigenvalue weighted by molar-refractivity contribution is -0.124. The lowest BCUT2D eigenvalue weighted by atomic mass is 10.7. The Morgan fingerprint density at radius 1 is 1.50 bits per heavy atom. The fourth-order valence-electron chi connectivity index (χ4n) is 0.192. The third-order valence-corrected chi connectivity index (χ3v) is 3.21. The topological polar surface area (TPSA) is 18.5 Å². The van der Waals surface area contributed by atoms with E-state index in [9.17, 15) is 0 Å². The predicted octanol–water partition coefficient (Wildman–Crippen LogP) is -0.463. The highest BCUT2D eigenvalue weighted by molar-refractivity contribution is 6.25. The number of alkyl halides is 1. The number of hydrogen-bond acceptors (Lipinski definition) is 2. The Morgan fingerprint density at radius 2 is 1.88 bits per heavy atom.